The maximum absolute atomic E-state index is 13.5. The van der Waals surface area contributed by atoms with Gasteiger partial charge in [0.25, 0.3) is 0 Å². The van der Waals surface area contributed by atoms with Crippen molar-refractivity contribution in [1.29, 1.82) is 0 Å². The van der Waals surface area contributed by atoms with Gasteiger partial charge in [0.15, 0.2) is 0 Å². The van der Waals surface area contributed by atoms with Crippen molar-refractivity contribution in [3.8, 4) is 0 Å². The minimum absolute atomic E-state index is 0.0620. The molecule has 0 radical (unpaired) electrons. The summed E-state index contributed by atoms with van der Waals surface area (Å²) < 4.78 is 30.0. The van der Waals surface area contributed by atoms with Crippen LogP contribution in [0.1, 0.15) is 35.6 Å². The zero-order valence-corrected chi connectivity index (χ0v) is 22.4. The van der Waals surface area contributed by atoms with Crippen LogP contribution in [0.15, 0.2) is 120 Å². The Balaban J connectivity index is 1.71. The van der Waals surface area contributed by atoms with Crippen molar-refractivity contribution in [3.63, 3.8) is 0 Å². The minimum atomic E-state index is -3.68. The fourth-order valence-corrected chi connectivity index (χ4v) is 6.08. The monoisotopic (exact) mass is 512 g/mol. The van der Waals surface area contributed by atoms with Crippen LogP contribution in [-0.4, -0.2) is 25.4 Å². The standard InChI is InChI=1S/C32H36N2O2S/c1-3-31(33-37(35,36)30-21-19-26(2)20-22-30)32(23-27-13-7-4-8-14-27)34(24-28-15-9-5-10-16-28)25-29-17-11-6-12-18-29/h4-22,31-33H,3,23-25H2,1-2H3/t31-,32+/m1/s1. The molecule has 0 saturated heterocycles. The number of aryl methyl sites for hydroxylation is 1. The molecule has 2 atom stereocenters. The van der Waals surface area contributed by atoms with Crippen LogP contribution in [0.5, 0.6) is 0 Å². The smallest absolute Gasteiger partial charge is 0.240 e. The van der Waals surface area contributed by atoms with Gasteiger partial charge in [-0.2, -0.15) is 0 Å². The largest absolute Gasteiger partial charge is 0.290 e. The molecule has 4 aromatic carbocycles. The summed E-state index contributed by atoms with van der Waals surface area (Å²) in [6, 6.07) is 37.9. The molecule has 192 valence electrons. The number of benzene rings is 4. The average molecular weight is 513 g/mol. The Labute approximate surface area is 222 Å². The minimum Gasteiger partial charge on any atom is -0.290 e. The Kier molecular flexibility index (Phi) is 9.29. The molecule has 0 aromatic heterocycles. The second kappa shape index (κ2) is 12.8. The SMILES string of the molecule is CC[C@@H](NS(=O)(=O)c1ccc(C)cc1)[C@H](Cc1ccccc1)N(Cc1ccccc1)Cc1ccccc1. The van der Waals surface area contributed by atoms with E-state index in [0.29, 0.717) is 11.3 Å². The third-order valence-electron chi connectivity index (χ3n) is 6.76. The van der Waals surface area contributed by atoms with Gasteiger partial charge in [-0.25, -0.2) is 13.1 Å². The zero-order valence-electron chi connectivity index (χ0n) is 21.6. The van der Waals surface area contributed by atoms with E-state index in [2.05, 4.69) is 77.2 Å². The first-order valence-corrected chi connectivity index (χ1v) is 14.4. The molecule has 0 amide bonds. The van der Waals surface area contributed by atoms with Crippen molar-refractivity contribution in [2.24, 2.45) is 0 Å². The molecule has 0 fully saturated rings. The van der Waals surface area contributed by atoms with Gasteiger partial charge in [0.1, 0.15) is 0 Å². The predicted octanol–water partition coefficient (Wildman–Crippen LogP) is 6.37. The quantitative estimate of drug-likeness (QED) is 0.240. The van der Waals surface area contributed by atoms with Crippen molar-refractivity contribution in [1.82, 2.24) is 9.62 Å². The van der Waals surface area contributed by atoms with Gasteiger partial charge < -0.3 is 0 Å². The molecule has 4 nitrogen and oxygen atoms in total. The van der Waals surface area contributed by atoms with Crippen LogP contribution in [0.2, 0.25) is 0 Å². The lowest BCUT2D eigenvalue weighted by Gasteiger charge is -2.37. The van der Waals surface area contributed by atoms with Crippen LogP contribution in [0.3, 0.4) is 0 Å². The van der Waals surface area contributed by atoms with Gasteiger partial charge in [0.05, 0.1) is 4.90 Å². The van der Waals surface area contributed by atoms with Crippen LogP contribution in [0, 0.1) is 6.92 Å². The summed E-state index contributed by atoms with van der Waals surface area (Å²) in [5, 5.41) is 0. The Bertz CT molecular complexity index is 1280. The second-order valence-electron chi connectivity index (χ2n) is 9.58. The van der Waals surface area contributed by atoms with Gasteiger partial charge in [-0.05, 0) is 48.6 Å². The van der Waals surface area contributed by atoms with E-state index >= 15 is 0 Å². The summed E-state index contributed by atoms with van der Waals surface area (Å²) in [5.41, 5.74) is 4.62. The van der Waals surface area contributed by atoms with Crippen LogP contribution < -0.4 is 4.72 Å². The highest BCUT2D eigenvalue weighted by atomic mass is 32.2. The number of nitrogens with one attached hydrogen (secondary N) is 1. The van der Waals surface area contributed by atoms with Crippen molar-refractivity contribution < 1.29 is 8.42 Å². The molecule has 37 heavy (non-hydrogen) atoms. The van der Waals surface area contributed by atoms with E-state index < -0.39 is 10.0 Å². The summed E-state index contributed by atoms with van der Waals surface area (Å²) in [6.07, 6.45) is 1.40. The van der Waals surface area contributed by atoms with Gasteiger partial charge in [-0.15, -0.1) is 0 Å². The fourth-order valence-electron chi connectivity index (χ4n) is 4.73. The maximum atomic E-state index is 13.5. The van der Waals surface area contributed by atoms with Crippen LogP contribution in [0.4, 0.5) is 0 Å². The molecule has 0 saturated carbocycles. The fraction of sp³-hybridized carbons (Fsp3) is 0.250. The van der Waals surface area contributed by atoms with Crippen molar-refractivity contribution in [2.75, 3.05) is 0 Å². The molecule has 0 unspecified atom stereocenters. The highest BCUT2D eigenvalue weighted by Gasteiger charge is 2.31. The number of hydrogen-bond donors (Lipinski definition) is 1. The average Bonchev–Trinajstić information content (AvgIpc) is 2.92. The van der Waals surface area contributed by atoms with Crippen molar-refractivity contribution >= 4 is 10.0 Å². The van der Waals surface area contributed by atoms with Gasteiger partial charge in [-0.3, -0.25) is 4.90 Å². The first-order chi connectivity index (χ1) is 17.9. The summed E-state index contributed by atoms with van der Waals surface area (Å²) in [5.74, 6) is 0. The number of nitrogens with zero attached hydrogens (tertiary/aromatic N) is 1. The number of hydrogen-bond acceptors (Lipinski definition) is 3. The van der Waals surface area contributed by atoms with Gasteiger partial charge in [0, 0.05) is 25.2 Å². The Morgan fingerprint density at radius 2 is 1.14 bits per heavy atom. The third-order valence-corrected chi connectivity index (χ3v) is 8.26. The summed E-state index contributed by atoms with van der Waals surface area (Å²) in [4.78, 5) is 2.72. The lowest BCUT2D eigenvalue weighted by Crippen LogP contribution is -2.52. The third kappa shape index (κ3) is 7.62. The normalized spacial score (nSPS) is 13.4. The van der Waals surface area contributed by atoms with E-state index in [-0.39, 0.29) is 12.1 Å². The molecule has 1 N–H and O–H groups in total. The van der Waals surface area contributed by atoms with Crippen LogP contribution in [-0.2, 0) is 29.5 Å². The van der Waals surface area contributed by atoms with Gasteiger partial charge in [0.2, 0.25) is 10.0 Å². The topological polar surface area (TPSA) is 49.4 Å². The van der Waals surface area contributed by atoms with E-state index in [1.165, 1.54) is 16.7 Å². The molecular weight excluding hydrogens is 476 g/mol. The predicted molar refractivity (Wildman–Crippen MR) is 152 cm³/mol. The molecule has 0 bridgehead atoms. The lowest BCUT2D eigenvalue weighted by atomic mass is 9.95. The summed E-state index contributed by atoms with van der Waals surface area (Å²) >= 11 is 0. The van der Waals surface area contributed by atoms with Gasteiger partial charge in [-0.1, -0.05) is 116 Å². The molecule has 5 heteroatoms. The zero-order chi connectivity index (χ0) is 26.1. The van der Waals surface area contributed by atoms with E-state index in [4.69, 9.17) is 0 Å². The maximum Gasteiger partial charge on any atom is 0.240 e. The lowest BCUT2D eigenvalue weighted by molar-refractivity contribution is 0.144. The van der Waals surface area contributed by atoms with Crippen molar-refractivity contribution in [2.45, 2.75) is 56.8 Å². The molecule has 0 aliphatic rings. The van der Waals surface area contributed by atoms with Crippen LogP contribution >= 0.6 is 0 Å². The molecule has 0 spiro atoms. The molecule has 4 aromatic rings. The van der Waals surface area contributed by atoms with Crippen LogP contribution in [0.25, 0.3) is 0 Å². The van der Waals surface area contributed by atoms with Crippen molar-refractivity contribution in [3.05, 3.63) is 138 Å². The highest BCUT2D eigenvalue weighted by molar-refractivity contribution is 7.89. The Hall–Kier alpha value is -3.25. The molecule has 0 aliphatic carbocycles. The summed E-state index contributed by atoms with van der Waals surface area (Å²) in [7, 11) is -3.68. The molecule has 0 aliphatic heterocycles. The molecule has 4 rings (SSSR count). The summed E-state index contributed by atoms with van der Waals surface area (Å²) in [6.45, 7) is 5.45. The first-order valence-electron chi connectivity index (χ1n) is 12.9. The Morgan fingerprint density at radius 3 is 1.59 bits per heavy atom. The van der Waals surface area contributed by atoms with E-state index in [1.807, 2.05) is 49.4 Å². The van der Waals surface area contributed by atoms with E-state index in [9.17, 15) is 8.42 Å². The highest BCUT2D eigenvalue weighted by Crippen LogP contribution is 2.22. The van der Waals surface area contributed by atoms with E-state index in [0.717, 1.165) is 25.1 Å². The number of sulfonamides is 1. The molecule has 0 heterocycles. The molecular formula is C32H36N2O2S. The second-order valence-corrected chi connectivity index (χ2v) is 11.3. The van der Waals surface area contributed by atoms with E-state index in [1.54, 1.807) is 12.1 Å². The first kappa shape index (κ1) is 26.8. The number of rotatable bonds is 12. The Morgan fingerprint density at radius 1 is 0.676 bits per heavy atom. The van der Waals surface area contributed by atoms with Gasteiger partial charge >= 0.3 is 0 Å².